The molecule has 0 radical (unpaired) electrons. The molecular formula is C18H17ClF2N2O3S. The van der Waals surface area contributed by atoms with Crippen LogP contribution in [0.3, 0.4) is 0 Å². The molecule has 144 valence electrons. The number of hydrogen-bond donors (Lipinski definition) is 2. The van der Waals surface area contributed by atoms with E-state index in [9.17, 15) is 13.6 Å². The number of hydrogen-bond acceptors (Lipinski definition) is 5. The third kappa shape index (κ3) is 5.40. The number of anilines is 2. The van der Waals surface area contributed by atoms with E-state index in [1.165, 1.54) is 6.07 Å². The molecule has 1 aliphatic rings. The molecule has 0 unspecified atom stereocenters. The lowest BCUT2D eigenvalue weighted by atomic mass is 10.2. The van der Waals surface area contributed by atoms with Crippen molar-refractivity contribution in [3.8, 4) is 11.5 Å². The van der Waals surface area contributed by atoms with Crippen LogP contribution in [0.1, 0.15) is 6.42 Å². The van der Waals surface area contributed by atoms with E-state index in [0.717, 1.165) is 6.42 Å². The van der Waals surface area contributed by atoms with E-state index in [0.29, 0.717) is 57.8 Å². The summed E-state index contributed by atoms with van der Waals surface area (Å²) >= 11 is 6.61. The first-order valence-corrected chi connectivity index (χ1v) is 9.45. The monoisotopic (exact) mass is 414 g/mol. The van der Waals surface area contributed by atoms with Crippen LogP contribution in [0.25, 0.3) is 0 Å². The maximum Gasteiger partial charge on any atom is 0.288 e. The minimum absolute atomic E-state index is 0.0902. The second-order valence-corrected chi connectivity index (χ2v) is 7.04. The van der Waals surface area contributed by atoms with Crippen LogP contribution >= 0.6 is 23.4 Å². The molecular weight excluding hydrogens is 398 g/mol. The van der Waals surface area contributed by atoms with Crippen LogP contribution in [0.5, 0.6) is 11.5 Å². The second kappa shape index (κ2) is 9.14. The fraction of sp³-hybridized carbons (Fsp3) is 0.278. The van der Waals surface area contributed by atoms with Gasteiger partial charge in [0, 0.05) is 23.4 Å². The van der Waals surface area contributed by atoms with Gasteiger partial charge in [-0.1, -0.05) is 35.5 Å². The number of para-hydroxylation sites is 1. The summed E-state index contributed by atoms with van der Waals surface area (Å²) < 4.78 is 36.4. The average molecular weight is 415 g/mol. The zero-order valence-electron chi connectivity index (χ0n) is 14.1. The standard InChI is InChI=1S/C18H17ClF2N2O3S/c19-11-8-14-15(26-7-3-6-25-14)9-13(11)22-10-17(24)23-12-4-1-2-5-16(12)27-18(20)21/h1-2,4-5,8-9,18,22H,3,6-7,10H2,(H,23,24). The fourth-order valence-electron chi connectivity index (χ4n) is 2.46. The molecule has 3 rings (SSSR count). The van der Waals surface area contributed by atoms with Gasteiger partial charge in [0.05, 0.1) is 36.2 Å². The lowest BCUT2D eigenvalue weighted by molar-refractivity contribution is -0.114. The van der Waals surface area contributed by atoms with E-state index >= 15 is 0 Å². The average Bonchev–Trinajstić information content (AvgIpc) is 2.86. The van der Waals surface area contributed by atoms with Gasteiger partial charge in [0.15, 0.2) is 11.5 Å². The molecule has 2 aromatic rings. The maximum atomic E-state index is 12.6. The molecule has 0 atom stereocenters. The number of nitrogens with one attached hydrogen (secondary N) is 2. The largest absolute Gasteiger partial charge is 0.490 e. The van der Waals surface area contributed by atoms with Crippen molar-refractivity contribution in [1.82, 2.24) is 0 Å². The highest BCUT2D eigenvalue weighted by molar-refractivity contribution is 7.99. The number of benzene rings is 2. The highest BCUT2D eigenvalue weighted by atomic mass is 35.5. The molecule has 0 aliphatic carbocycles. The molecule has 1 aliphatic heterocycles. The second-order valence-electron chi connectivity index (χ2n) is 5.61. The van der Waals surface area contributed by atoms with Gasteiger partial charge in [-0.05, 0) is 12.1 Å². The zero-order chi connectivity index (χ0) is 19.2. The molecule has 0 spiro atoms. The van der Waals surface area contributed by atoms with Gasteiger partial charge < -0.3 is 20.1 Å². The van der Waals surface area contributed by atoms with E-state index in [1.807, 2.05) is 0 Å². The van der Waals surface area contributed by atoms with Crippen LogP contribution in [0, 0.1) is 0 Å². The van der Waals surface area contributed by atoms with E-state index in [2.05, 4.69) is 10.6 Å². The molecule has 1 amide bonds. The predicted molar refractivity (Wildman–Crippen MR) is 102 cm³/mol. The van der Waals surface area contributed by atoms with Crippen molar-refractivity contribution in [1.29, 1.82) is 0 Å². The summed E-state index contributed by atoms with van der Waals surface area (Å²) in [7, 11) is 0. The maximum absolute atomic E-state index is 12.6. The van der Waals surface area contributed by atoms with Crippen molar-refractivity contribution in [2.75, 3.05) is 30.4 Å². The molecule has 1 heterocycles. The molecule has 0 fully saturated rings. The third-order valence-corrected chi connectivity index (χ3v) is 4.75. The van der Waals surface area contributed by atoms with Crippen molar-refractivity contribution in [3.63, 3.8) is 0 Å². The number of fused-ring (bicyclic) bond motifs is 1. The first-order valence-electron chi connectivity index (χ1n) is 8.19. The third-order valence-electron chi connectivity index (χ3n) is 3.65. The fourth-order valence-corrected chi connectivity index (χ4v) is 3.27. The molecule has 2 aromatic carbocycles. The molecule has 9 heteroatoms. The molecule has 2 N–H and O–H groups in total. The van der Waals surface area contributed by atoms with E-state index in [1.54, 1.807) is 30.3 Å². The van der Waals surface area contributed by atoms with Crippen LogP contribution < -0.4 is 20.1 Å². The number of thioether (sulfide) groups is 1. The summed E-state index contributed by atoms with van der Waals surface area (Å²) in [5, 5.41) is 5.94. The van der Waals surface area contributed by atoms with Gasteiger partial charge in [0.1, 0.15) is 0 Å². The van der Waals surface area contributed by atoms with E-state index < -0.39 is 5.76 Å². The SMILES string of the molecule is O=C(CNc1cc2c(cc1Cl)OCCCO2)Nc1ccccc1SC(F)F. The number of alkyl halides is 2. The zero-order valence-corrected chi connectivity index (χ0v) is 15.7. The van der Waals surface area contributed by atoms with Gasteiger partial charge in [0.25, 0.3) is 5.76 Å². The number of rotatable bonds is 6. The van der Waals surface area contributed by atoms with Gasteiger partial charge in [-0.3, -0.25) is 4.79 Å². The van der Waals surface area contributed by atoms with Gasteiger partial charge in [-0.2, -0.15) is 8.78 Å². The normalized spacial score (nSPS) is 13.2. The molecule has 0 saturated carbocycles. The van der Waals surface area contributed by atoms with Crippen LogP contribution in [-0.4, -0.2) is 31.4 Å². The molecule has 0 aromatic heterocycles. The van der Waals surface area contributed by atoms with Crippen LogP contribution in [0.4, 0.5) is 20.2 Å². The lowest BCUT2D eigenvalue weighted by Crippen LogP contribution is -2.22. The highest BCUT2D eigenvalue weighted by Gasteiger charge is 2.15. The molecule has 0 bridgehead atoms. The summed E-state index contributed by atoms with van der Waals surface area (Å²) in [5.74, 6) is -1.84. The van der Waals surface area contributed by atoms with Crippen molar-refractivity contribution in [3.05, 3.63) is 41.4 Å². The van der Waals surface area contributed by atoms with Crippen molar-refractivity contribution < 1.29 is 23.0 Å². The predicted octanol–water partition coefficient (Wildman–Crippen LogP) is 4.87. The van der Waals surface area contributed by atoms with Crippen LogP contribution in [0.2, 0.25) is 5.02 Å². The quantitative estimate of drug-likeness (QED) is 0.660. The summed E-state index contributed by atoms with van der Waals surface area (Å²) in [6, 6.07) is 9.72. The van der Waals surface area contributed by atoms with Crippen LogP contribution in [0.15, 0.2) is 41.3 Å². The Hall–Kier alpha value is -2.19. The van der Waals surface area contributed by atoms with E-state index in [4.69, 9.17) is 21.1 Å². The minimum atomic E-state index is -2.57. The first-order chi connectivity index (χ1) is 13.0. The number of carbonyl (C=O) groups excluding carboxylic acids is 1. The number of carbonyl (C=O) groups is 1. The van der Waals surface area contributed by atoms with Gasteiger partial charge in [-0.15, -0.1) is 0 Å². The summed E-state index contributed by atoms with van der Waals surface area (Å²) in [6.45, 7) is 0.995. The Kier molecular flexibility index (Phi) is 6.63. The van der Waals surface area contributed by atoms with Crippen LogP contribution in [-0.2, 0) is 4.79 Å². The van der Waals surface area contributed by atoms with Gasteiger partial charge in [-0.25, -0.2) is 0 Å². The van der Waals surface area contributed by atoms with Crippen molar-refractivity contribution in [2.45, 2.75) is 17.1 Å². The number of halogens is 3. The number of ether oxygens (including phenoxy) is 2. The van der Waals surface area contributed by atoms with Gasteiger partial charge in [0.2, 0.25) is 5.91 Å². The van der Waals surface area contributed by atoms with E-state index in [-0.39, 0.29) is 12.5 Å². The topological polar surface area (TPSA) is 59.6 Å². The lowest BCUT2D eigenvalue weighted by Gasteiger charge is -2.14. The Balaban J connectivity index is 1.64. The molecule has 0 saturated heterocycles. The Morgan fingerprint density at radius 2 is 1.85 bits per heavy atom. The van der Waals surface area contributed by atoms with Crippen molar-refractivity contribution >= 4 is 40.6 Å². The van der Waals surface area contributed by atoms with Gasteiger partial charge >= 0.3 is 0 Å². The Bertz CT molecular complexity index is 823. The summed E-state index contributed by atoms with van der Waals surface area (Å²) in [5.41, 5.74) is 0.852. The smallest absolute Gasteiger partial charge is 0.288 e. The highest BCUT2D eigenvalue weighted by Crippen LogP contribution is 2.37. The Labute approximate surface area is 164 Å². The number of amides is 1. The Morgan fingerprint density at radius 3 is 2.59 bits per heavy atom. The molecule has 27 heavy (non-hydrogen) atoms. The minimum Gasteiger partial charge on any atom is -0.490 e. The van der Waals surface area contributed by atoms with Crippen molar-refractivity contribution in [2.24, 2.45) is 0 Å². The summed E-state index contributed by atoms with van der Waals surface area (Å²) in [6.07, 6.45) is 0.771. The first kappa shape index (κ1) is 19.6. The Morgan fingerprint density at radius 1 is 1.15 bits per heavy atom. The summed E-state index contributed by atoms with van der Waals surface area (Å²) in [4.78, 5) is 12.5. The molecule has 5 nitrogen and oxygen atoms in total.